The van der Waals surface area contributed by atoms with Crippen molar-refractivity contribution in [3.05, 3.63) is 29.0 Å². The largest absolute Gasteiger partial charge is 0.480 e. The van der Waals surface area contributed by atoms with Gasteiger partial charge in [0.1, 0.15) is 11.7 Å². The molecule has 98 valence electrons. The van der Waals surface area contributed by atoms with Crippen LogP contribution in [0, 0.1) is 0 Å². The van der Waals surface area contributed by atoms with Gasteiger partial charge in [0.25, 0.3) is 5.91 Å². The molecule has 18 heavy (non-hydrogen) atoms. The predicted octanol–water partition coefficient (Wildman–Crippen LogP) is 0.955. The Morgan fingerprint density at radius 1 is 1.61 bits per heavy atom. The van der Waals surface area contributed by atoms with E-state index >= 15 is 0 Å². The van der Waals surface area contributed by atoms with Crippen LogP contribution in [0.2, 0.25) is 5.02 Å². The van der Waals surface area contributed by atoms with Crippen LogP contribution in [-0.4, -0.2) is 41.7 Å². The lowest BCUT2D eigenvalue weighted by atomic mass is 10.2. The zero-order valence-electron chi connectivity index (χ0n) is 9.72. The minimum Gasteiger partial charge on any atom is -0.480 e. The number of carboxylic acids is 1. The number of amides is 1. The Bertz CT molecular complexity index is 439. The lowest BCUT2D eigenvalue weighted by Gasteiger charge is -2.13. The molecule has 0 aliphatic carbocycles. The number of hydrogen-bond donors (Lipinski definition) is 2. The van der Waals surface area contributed by atoms with Crippen LogP contribution in [0.5, 0.6) is 0 Å². The lowest BCUT2D eigenvalue weighted by Crippen LogP contribution is -2.41. The Morgan fingerprint density at radius 2 is 2.33 bits per heavy atom. The van der Waals surface area contributed by atoms with Crippen molar-refractivity contribution >= 4 is 23.5 Å². The fourth-order valence-electron chi connectivity index (χ4n) is 1.25. The van der Waals surface area contributed by atoms with Gasteiger partial charge < -0.3 is 15.2 Å². The van der Waals surface area contributed by atoms with Gasteiger partial charge in [0, 0.05) is 31.4 Å². The number of aromatic nitrogens is 1. The normalized spacial score (nSPS) is 11.9. The second kappa shape index (κ2) is 6.93. The molecule has 1 unspecified atom stereocenters. The SMILES string of the molecule is COCCC(NC(=O)c1cc(Cl)ccn1)C(=O)O. The fourth-order valence-corrected chi connectivity index (χ4v) is 1.41. The number of hydrogen-bond acceptors (Lipinski definition) is 4. The summed E-state index contributed by atoms with van der Waals surface area (Å²) in [5.74, 6) is -1.71. The highest BCUT2D eigenvalue weighted by Gasteiger charge is 2.20. The molecule has 6 nitrogen and oxygen atoms in total. The highest BCUT2D eigenvalue weighted by atomic mass is 35.5. The van der Waals surface area contributed by atoms with E-state index in [0.29, 0.717) is 5.02 Å². The third kappa shape index (κ3) is 4.31. The van der Waals surface area contributed by atoms with E-state index in [0.717, 1.165) is 0 Å². The van der Waals surface area contributed by atoms with Gasteiger partial charge >= 0.3 is 5.97 Å². The number of methoxy groups -OCH3 is 1. The smallest absolute Gasteiger partial charge is 0.326 e. The van der Waals surface area contributed by atoms with E-state index in [1.807, 2.05) is 0 Å². The van der Waals surface area contributed by atoms with Crippen molar-refractivity contribution in [3.8, 4) is 0 Å². The summed E-state index contributed by atoms with van der Waals surface area (Å²) in [5.41, 5.74) is 0.0752. The molecular weight excluding hydrogens is 260 g/mol. The first-order chi connectivity index (χ1) is 8.54. The predicted molar refractivity (Wildman–Crippen MR) is 64.6 cm³/mol. The maximum absolute atomic E-state index is 11.7. The number of halogens is 1. The van der Waals surface area contributed by atoms with Crippen LogP contribution < -0.4 is 5.32 Å². The molecule has 0 spiro atoms. The molecule has 0 radical (unpaired) electrons. The molecule has 1 aromatic rings. The molecule has 1 rings (SSSR count). The molecule has 1 aromatic heterocycles. The Kier molecular flexibility index (Phi) is 5.54. The second-order valence-electron chi connectivity index (χ2n) is 3.51. The number of carboxylic acid groups (broad SMARTS) is 1. The topological polar surface area (TPSA) is 88.5 Å². The van der Waals surface area contributed by atoms with Crippen molar-refractivity contribution in [2.24, 2.45) is 0 Å². The van der Waals surface area contributed by atoms with Gasteiger partial charge in [-0.3, -0.25) is 9.78 Å². The van der Waals surface area contributed by atoms with E-state index in [4.69, 9.17) is 21.4 Å². The number of ether oxygens (including phenoxy) is 1. The molecule has 2 N–H and O–H groups in total. The number of aliphatic carboxylic acids is 1. The van der Waals surface area contributed by atoms with Gasteiger partial charge in [-0.15, -0.1) is 0 Å². The summed E-state index contributed by atoms with van der Waals surface area (Å²) in [6, 6.07) is 1.88. The number of carbonyl (C=O) groups is 2. The van der Waals surface area contributed by atoms with Crippen molar-refractivity contribution < 1.29 is 19.4 Å². The first-order valence-corrected chi connectivity index (χ1v) is 5.56. The van der Waals surface area contributed by atoms with E-state index in [-0.39, 0.29) is 18.7 Å². The zero-order chi connectivity index (χ0) is 13.5. The van der Waals surface area contributed by atoms with Gasteiger partial charge in [-0.05, 0) is 12.1 Å². The van der Waals surface area contributed by atoms with Gasteiger partial charge in [-0.25, -0.2) is 4.79 Å². The van der Waals surface area contributed by atoms with Crippen molar-refractivity contribution in [1.29, 1.82) is 0 Å². The van der Waals surface area contributed by atoms with Crippen LogP contribution in [0.4, 0.5) is 0 Å². The maximum atomic E-state index is 11.7. The number of nitrogens with one attached hydrogen (secondary N) is 1. The molecule has 7 heteroatoms. The van der Waals surface area contributed by atoms with E-state index < -0.39 is 17.9 Å². The van der Waals surface area contributed by atoms with Gasteiger partial charge in [0.05, 0.1) is 0 Å². The molecule has 0 saturated heterocycles. The first kappa shape index (κ1) is 14.4. The Labute approximate surface area is 109 Å². The monoisotopic (exact) mass is 272 g/mol. The third-order valence-electron chi connectivity index (χ3n) is 2.17. The Morgan fingerprint density at radius 3 is 2.89 bits per heavy atom. The van der Waals surface area contributed by atoms with Crippen LogP contribution in [0.25, 0.3) is 0 Å². The number of nitrogens with zero attached hydrogens (tertiary/aromatic N) is 1. The molecule has 1 heterocycles. The van der Waals surface area contributed by atoms with Gasteiger partial charge in [-0.2, -0.15) is 0 Å². The number of rotatable bonds is 6. The van der Waals surface area contributed by atoms with Crippen LogP contribution >= 0.6 is 11.6 Å². The summed E-state index contributed by atoms with van der Waals surface area (Å²) in [6.45, 7) is 0.236. The Balaban J connectivity index is 2.69. The average Bonchev–Trinajstić information content (AvgIpc) is 2.33. The maximum Gasteiger partial charge on any atom is 0.326 e. The summed E-state index contributed by atoms with van der Waals surface area (Å²) in [4.78, 5) is 26.5. The number of carbonyl (C=O) groups excluding carboxylic acids is 1. The highest BCUT2D eigenvalue weighted by molar-refractivity contribution is 6.30. The molecule has 0 bridgehead atoms. The van der Waals surface area contributed by atoms with Crippen molar-refractivity contribution in [2.75, 3.05) is 13.7 Å². The Hall–Kier alpha value is -1.66. The van der Waals surface area contributed by atoms with E-state index in [1.165, 1.54) is 25.4 Å². The van der Waals surface area contributed by atoms with Crippen LogP contribution in [0.3, 0.4) is 0 Å². The summed E-state index contributed by atoms with van der Waals surface area (Å²) in [5, 5.41) is 11.6. The average molecular weight is 273 g/mol. The molecule has 0 aliphatic heterocycles. The minimum absolute atomic E-state index is 0.0752. The minimum atomic E-state index is -1.12. The van der Waals surface area contributed by atoms with E-state index in [9.17, 15) is 9.59 Å². The van der Waals surface area contributed by atoms with E-state index in [1.54, 1.807) is 0 Å². The van der Waals surface area contributed by atoms with Crippen LogP contribution in [-0.2, 0) is 9.53 Å². The summed E-state index contributed by atoms with van der Waals surface area (Å²) in [7, 11) is 1.46. The molecule has 0 aromatic carbocycles. The second-order valence-corrected chi connectivity index (χ2v) is 3.94. The van der Waals surface area contributed by atoms with Crippen LogP contribution in [0.15, 0.2) is 18.3 Å². The quantitative estimate of drug-likeness (QED) is 0.805. The van der Waals surface area contributed by atoms with Crippen LogP contribution in [0.1, 0.15) is 16.9 Å². The van der Waals surface area contributed by atoms with Crippen molar-refractivity contribution in [2.45, 2.75) is 12.5 Å². The van der Waals surface area contributed by atoms with E-state index in [2.05, 4.69) is 10.3 Å². The van der Waals surface area contributed by atoms with Gasteiger partial charge in [0.2, 0.25) is 0 Å². The molecule has 0 saturated carbocycles. The standard InChI is InChI=1S/C11H13ClN2O4/c1-18-5-3-8(11(16)17)14-10(15)9-6-7(12)2-4-13-9/h2,4,6,8H,3,5H2,1H3,(H,14,15)(H,16,17). The van der Waals surface area contributed by atoms with Gasteiger partial charge in [0.15, 0.2) is 0 Å². The molecule has 0 aliphatic rings. The molecule has 1 atom stereocenters. The lowest BCUT2D eigenvalue weighted by molar-refractivity contribution is -0.139. The third-order valence-corrected chi connectivity index (χ3v) is 2.40. The van der Waals surface area contributed by atoms with Crippen molar-refractivity contribution in [3.63, 3.8) is 0 Å². The molecular formula is C11H13ClN2O4. The summed E-state index contributed by atoms with van der Waals surface area (Å²) < 4.78 is 4.78. The number of pyridine rings is 1. The fraction of sp³-hybridized carbons (Fsp3) is 0.364. The summed E-state index contributed by atoms with van der Waals surface area (Å²) in [6.07, 6.45) is 1.56. The van der Waals surface area contributed by atoms with Crippen molar-refractivity contribution in [1.82, 2.24) is 10.3 Å². The van der Waals surface area contributed by atoms with Gasteiger partial charge in [-0.1, -0.05) is 11.6 Å². The molecule has 1 amide bonds. The summed E-state index contributed by atoms with van der Waals surface area (Å²) >= 11 is 5.72. The zero-order valence-corrected chi connectivity index (χ0v) is 10.5. The first-order valence-electron chi connectivity index (χ1n) is 5.18. The molecule has 0 fully saturated rings. The highest BCUT2D eigenvalue weighted by Crippen LogP contribution is 2.08.